The molecular formula is C25H27N3O. The van der Waals surface area contributed by atoms with Gasteiger partial charge < -0.3 is 15.0 Å². The highest BCUT2D eigenvalue weighted by Gasteiger charge is 2.26. The lowest BCUT2D eigenvalue weighted by Crippen LogP contribution is -2.36. The van der Waals surface area contributed by atoms with Crippen LogP contribution in [0.3, 0.4) is 0 Å². The zero-order chi connectivity index (χ0) is 19.8. The summed E-state index contributed by atoms with van der Waals surface area (Å²) in [4.78, 5) is 10.2. The van der Waals surface area contributed by atoms with E-state index in [9.17, 15) is 5.11 Å². The van der Waals surface area contributed by atoms with E-state index in [1.807, 2.05) is 24.3 Å². The molecule has 0 radical (unpaired) electrons. The number of piperidine rings is 1. The van der Waals surface area contributed by atoms with Gasteiger partial charge in [-0.25, -0.2) is 0 Å². The zero-order valence-corrected chi connectivity index (χ0v) is 16.9. The van der Waals surface area contributed by atoms with Crippen LogP contribution in [0.5, 0.6) is 5.88 Å². The van der Waals surface area contributed by atoms with Gasteiger partial charge in [0.2, 0.25) is 0 Å². The Morgan fingerprint density at radius 3 is 2.97 bits per heavy atom. The number of aromatic nitrogens is 1. The molecule has 1 fully saturated rings. The number of rotatable bonds is 3. The highest BCUT2D eigenvalue weighted by molar-refractivity contribution is 6.02. The monoisotopic (exact) mass is 385 g/mol. The molecule has 5 rings (SSSR count). The second-order valence-electron chi connectivity index (χ2n) is 8.28. The summed E-state index contributed by atoms with van der Waals surface area (Å²) in [6.45, 7) is 4.37. The molecule has 0 saturated carbocycles. The Morgan fingerprint density at radius 2 is 2.07 bits per heavy atom. The molecule has 1 aromatic heterocycles. The minimum atomic E-state index is 0.159. The molecule has 4 nitrogen and oxygen atoms in total. The van der Waals surface area contributed by atoms with Gasteiger partial charge in [0, 0.05) is 35.9 Å². The van der Waals surface area contributed by atoms with Gasteiger partial charge >= 0.3 is 0 Å². The molecule has 1 unspecified atom stereocenters. The number of nitrogens with zero attached hydrogens (tertiary/aromatic N) is 2. The molecule has 148 valence electrons. The number of benzene rings is 2. The number of anilines is 1. The van der Waals surface area contributed by atoms with E-state index in [1.54, 1.807) is 11.8 Å². The van der Waals surface area contributed by atoms with Gasteiger partial charge in [0.1, 0.15) is 0 Å². The standard InChI is InChI=1S/C25H27N3O/c1-17-14-20(26-15-22-21-8-4-5-9-23(21)27-25(22)29)10-11-24(17)28-13-12-18-6-2-3-7-19(18)16-28/h4-5,7-11,14-15,18,27,29H,2-3,6,12-13,16H2,1H3. The van der Waals surface area contributed by atoms with Crippen LogP contribution in [-0.2, 0) is 0 Å². The van der Waals surface area contributed by atoms with Gasteiger partial charge in [-0.3, -0.25) is 4.99 Å². The van der Waals surface area contributed by atoms with Crippen LogP contribution >= 0.6 is 0 Å². The topological polar surface area (TPSA) is 51.6 Å². The fourth-order valence-electron chi connectivity index (χ4n) is 4.84. The number of aliphatic imine (C=N–C) groups is 1. The summed E-state index contributed by atoms with van der Waals surface area (Å²) in [7, 11) is 0. The Labute approximate surface area is 171 Å². The summed E-state index contributed by atoms with van der Waals surface area (Å²) < 4.78 is 0. The minimum Gasteiger partial charge on any atom is -0.494 e. The second-order valence-corrected chi connectivity index (χ2v) is 8.28. The summed E-state index contributed by atoms with van der Waals surface area (Å²) in [6.07, 6.45) is 9.46. The molecule has 2 heterocycles. The summed E-state index contributed by atoms with van der Waals surface area (Å²) in [5.41, 5.74) is 6.75. The van der Waals surface area contributed by atoms with Crippen LogP contribution in [0.4, 0.5) is 11.4 Å². The lowest BCUT2D eigenvalue weighted by Gasteiger charge is -2.38. The number of H-pyrrole nitrogens is 1. The fourth-order valence-corrected chi connectivity index (χ4v) is 4.84. The van der Waals surface area contributed by atoms with Crippen molar-refractivity contribution < 1.29 is 5.11 Å². The van der Waals surface area contributed by atoms with Crippen molar-refractivity contribution in [3.8, 4) is 5.88 Å². The van der Waals surface area contributed by atoms with Gasteiger partial charge in [0.05, 0.1) is 11.3 Å². The number of allylic oxidation sites excluding steroid dienone is 1. The largest absolute Gasteiger partial charge is 0.494 e. The first-order chi connectivity index (χ1) is 14.2. The summed E-state index contributed by atoms with van der Waals surface area (Å²) >= 11 is 0. The third-order valence-electron chi connectivity index (χ3n) is 6.40. The van der Waals surface area contributed by atoms with Crippen LogP contribution in [0.2, 0.25) is 0 Å². The third kappa shape index (κ3) is 3.44. The van der Waals surface area contributed by atoms with Gasteiger partial charge in [-0.15, -0.1) is 0 Å². The van der Waals surface area contributed by atoms with Gasteiger partial charge in [-0.1, -0.05) is 29.8 Å². The van der Waals surface area contributed by atoms with Gasteiger partial charge in [-0.2, -0.15) is 0 Å². The number of nitrogens with one attached hydrogen (secondary N) is 1. The lowest BCUT2D eigenvalue weighted by atomic mass is 9.82. The maximum atomic E-state index is 10.2. The van der Waals surface area contributed by atoms with Crippen LogP contribution in [-0.4, -0.2) is 29.4 Å². The Morgan fingerprint density at radius 1 is 1.17 bits per heavy atom. The molecule has 1 saturated heterocycles. The van der Waals surface area contributed by atoms with Crippen molar-refractivity contribution in [2.45, 2.75) is 32.6 Å². The van der Waals surface area contributed by atoms with Gasteiger partial charge in [0.25, 0.3) is 0 Å². The van der Waals surface area contributed by atoms with E-state index >= 15 is 0 Å². The molecule has 0 amide bonds. The number of para-hydroxylation sites is 1. The molecular weight excluding hydrogens is 358 g/mol. The third-order valence-corrected chi connectivity index (χ3v) is 6.40. The number of fused-ring (bicyclic) bond motifs is 2. The number of hydrogen-bond acceptors (Lipinski definition) is 3. The van der Waals surface area contributed by atoms with E-state index in [1.165, 1.54) is 36.9 Å². The van der Waals surface area contributed by atoms with Crippen LogP contribution in [0.1, 0.15) is 36.8 Å². The maximum absolute atomic E-state index is 10.2. The average molecular weight is 386 g/mol. The molecule has 2 aromatic carbocycles. The first-order valence-corrected chi connectivity index (χ1v) is 10.6. The van der Waals surface area contributed by atoms with E-state index in [4.69, 9.17) is 0 Å². The number of aromatic amines is 1. The Kier molecular flexibility index (Phi) is 4.62. The number of aryl methyl sites for hydroxylation is 1. The van der Waals surface area contributed by atoms with Crippen molar-refractivity contribution in [1.29, 1.82) is 0 Å². The molecule has 1 aliphatic carbocycles. The predicted molar refractivity (Wildman–Crippen MR) is 121 cm³/mol. The molecule has 2 N–H and O–H groups in total. The van der Waals surface area contributed by atoms with Crippen molar-refractivity contribution in [2.75, 3.05) is 18.0 Å². The van der Waals surface area contributed by atoms with E-state index in [-0.39, 0.29) is 5.88 Å². The fraction of sp³-hybridized carbons (Fsp3) is 0.320. The maximum Gasteiger partial charge on any atom is 0.198 e. The highest BCUT2D eigenvalue weighted by Crippen LogP contribution is 2.35. The zero-order valence-electron chi connectivity index (χ0n) is 16.9. The van der Waals surface area contributed by atoms with E-state index < -0.39 is 0 Å². The van der Waals surface area contributed by atoms with E-state index in [2.05, 4.69) is 46.1 Å². The van der Waals surface area contributed by atoms with Crippen molar-refractivity contribution in [3.05, 3.63) is 65.2 Å². The van der Waals surface area contributed by atoms with Crippen molar-refractivity contribution in [1.82, 2.24) is 4.98 Å². The highest BCUT2D eigenvalue weighted by atomic mass is 16.3. The molecule has 0 spiro atoms. The summed E-state index contributed by atoms with van der Waals surface area (Å²) in [5.74, 6) is 0.972. The molecule has 0 bridgehead atoms. The quantitative estimate of drug-likeness (QED) is 0.438. The number of hydrogen-bond donors (Lipinski definition) is 2. The Hall–Kier alpha value is -3.01. The number of aromatic hydroxyl groups is 1. The van der Waals surface area contributed by atoms with Crippen molar-refractivity contribution in [2.24, 2.45) is 10.9 Å². The van der Waals surface area contributed by atoms with Crippen LogP contribution in [0.15, 0.2) is 59.1 Å². The molecule has 3 aromatic rings. The Balaban J connectivity index is 1.38. The molecule has 29 heavy (non-hydrogen) atoms. The average Bonchev–Trinajstić information content (AvgIpc) is 3.07. The van der Waals surface area contributed by atoms with Crippen molar-refractivity contribution in [3.63, 3.8) is 0 Å². The predicted octanol–water partition coefficient (Wildman–Crippen LogP) is 5.87. The van der Waals surface area contributed by atoms with E-state index in [0.717, 1.165) is 41.2 Å². The lowest BCUT2D eigenvalue weighted by molar-refractivity contribution is 0.438. The van der Waals surface area contributed by atoms with Gasteiger partial charge in [-0.05, 0) is 68.4 Å². The van der Waals surface area contributed by atoms with Crippen LogP contribution < -0.4 is 4.90 Å². The smallest absolute Gasteiger partial charge is 0.198 e. The summed E-state index contributed by atoms with van der Waals surface area (Å²) in [6, 6.07) is 14.3. The Bertz CT molecular complexity index is 1110. The molecule has 1 aliphatic heterocycles. The van der Waals surface area contributed by atoms with Gasteiger partial charge in [0.15, 0.2) is 5.88 Å². The molecule has 2 aliphatic rings. The minimum absolute atomic E-state index is 0.159. The first kappa shape index (κ1) is 18.0. The van der Waals surface area contributed by atoms with E-state index in [0.29, 0.717) is 0 Å². The second kappa shape index (κ2) is 7.43. The molecule has 1 atom stereocenters. The SMILES string of the molecule is Cc1cc(N=Cc2c(O)[nH]c3ccccc23)ccc1N1CCC2CCCC=C2C1. The summed E-state index contributed by atoms with van der Waals surface area (Å²) in [5, 5.41) is 11.2. The van der Waals surface area contributed by atoms with Crippen LogP contribution in [0, 0.1) is 12.8 Å². The van der Waals surface area contributed by atoms with Crippen LogP contribution in [0.25, 0.3) is 10.9 Å². The molecule has 4 heteroatoms. The van der Waals surface area contributed by atoms with Crippen molar-refractivity contribution >= 4 is 28.5 Å². The first-order valence-electron chi connectivity index (χ1n) is 10.6. The normalized spacial score (nSPS) is 19.6.